The van der Waals surface area contributed by atoms with E-state index < -0.39 is 6.04 Å². The minimum atomic E-state index is -0.608. The second-order valence-electron chi connectivity index (χ2n) is 10.9. The number of likely N-dealkylation sites (N-methyl/N-ethyl adjacent to an activating group) is 2. The maximum absolute atomic E-state index is 12.7. The molecule has 2 amide bonds. The van der Waals surface area contributed by atoms with Crippen molar-refractivity contribution in [1.29, 1.82) is 5.26 Å². The third-order valence-corrected chi connectivity index (χ3v) is 7.08. The molecule has 0 fully saturated rings. The highest BCUT2D eigenvalue weighted by Gasteiger charge is 2.20. The molecule has 3 aromatic rings. The fourth-order valence-corrected chi connectivity index (χ4v) is 4.33. The minimum Gasteiger partial charge on any atom is -0.369 e. The smallest absolute Gasteiger partial charge is 0.246 e. The average Bonchev–Trinajstić information content (AvgIpc) is 3.04. The molecule has 0 bridgehead atoms. The lowest BCUT2D eigenvalue weighted by molar-refractivity contribution is -0.135. The van der Waals surface area contributed by atoms with E-state index in [4.69, 9.17) is 26.8 Å². The summed E-state index contributed by atoms with van der Waals surface area (Å²) in [6.45, 7) is 5.52. The van der Waals surface area contributed by atoms with Gasteiger partial charge in [-0.1, -0.05) is 48.6 Å². The molecule has 240 valence electrons. The predicted octanol–water partition coefficient (Wildman–Crippen LogP) is 5.45. The van der Waals surface area contributed by atoms with E-state index in [9.17, 15) is 9.59 Å². The van der Waals surface area contributed by atoms with E-state index in [0.717, 1.165) is 17.7 Å². The van der Waals surface area contributed by atoms with Crippen LogP contribution in [0.15, 0.2) is 60.7 Å². The first-order chi connectivity index (χ1) is 22.1. The third kappa shape index (κ3) is 10.9. The van der Waals surface area contributed by atoms with Gasteiger partial charge in [0.25, 0.3) is 0 Å². The highest BCUT2D eigenvalue weighted by molar-refractivity contribution is 6.30. The zero-order chi connectivity index (χ0) is 33.5. The van der Waals surface area contributed by atoms with Crippen molar-refractivity contribution in [3.8, 4) is 29.2 Å². The van der Waals surface area contributed by atoms with Crippen molar-refractivity contribution in [2.75, 3.05) is 51.4 Å². The van der Waals surface area contributed by atoms with E-state index in [1.807, 2.05) is 37.2 Å². The van der Waals surface area contributed by atoms with E-state index >= 15 is 0 Å². The number of rotatable bonds is 14. The first-order valence-electron chi connectivity index (χ1n) is 15.2. The highest BCUT2D eigenvalue weighted by atomic mass is 35.5. The van der Waals surface area contributed by atoms with E-state index in [2.05, 4.69) is 40.8 Å². The summed E-state index contributed by atoms with van der Waals surface area (Å²) in [5.41, 5.74) is 3.35. The topological polar surface area (TPSA) is 126 Å². The number of halogens is 1. The third-order valence-electron chi connectivity index (χ3n) is 6.85. The number of hydrogen-bond donors (Lipinski definition) is 3. The number of carbonyl (C=O) groups excluding carboxylic acids is 2. The van der Waals surface area contributed by atoms with Gasteiger partial charge in [0.15, 0.2) is 0 Å². The zero-order valence-corrected chi connectivity index (χ0v) is 27.8. The number of amides is 2. The van der Waals surface area contributed by atoms with Gasteiger partial charge in [-0.05, 0) is 70.3 Å². The van der Waals surface area contributed by atoms with Crippen LogP contribution in [0.25, 0.3) is 11.3 Å². The van der Waals surface area contributed by atoms with Crippen LogP contribution in [0.5, 0.6) is 0 Å². The van der Waals surface area contributed by atoms with Gasteiger partial charge in [-0.2, -0.15) is 10.2 Å². The van der Waals surface area contributed by atoms with Gasteiger partial charge < -0.3 is 25.8 Å². The molecule has 0 aliphatic rings. The minimum absolute atomic E-state index is 0.223. The number of unbranched alkanes of at least 4 members (excludes halogenated alkanes) is 1. The molecule has 46 heavy (non-hydrogen) atoms. The normalized spacial score (nSPS) is 11.3. The van der Waals surface area contributed by atoms with Crippen molar-refractivity contribution >= 4 is 40.9 Å². The lowest BCUT2D eigenvalue weighted by Crippen LogP contribution is -2.45. The molecule has 1 aromatic heterocycles. The number of hydrogen-bond acceptors (Lipinski definition) is 8. The quantitative estimate of drug-likeness (QED) is 0.121. The van der Waals surface area contributed by atoms with Crippen LogP contribution < -0.4 is 16.0 Å². The molecule has 0 saturated carbocycles. The van der Waals surface area contributed by atoms with Crippen LogP contribution in [0.3, 0.4) is 0 Å². The maximum atomic E-state index is 12.7. The van der Waals surface area contributed by atoms with Crippen molar-refractivity contribution in [3.05, 3.63) is 76.8 Å². The van der Waals surface area contributed by atoms with Crippen molar-refractivity contribution in [1.82, 2.24) is 25.1 Å². The van der Waals surface area contributed by atoms with Gasteiger partial charge in [-0.15, -0.1) is 0 Å². The van der Waals surface area contributed by atoms with Crippen LogP contribution in [0.2, 0.25) is 5.02 Å². The molecule has 1 atom stereocenters. The predicted molar refractivity (Wildman–Crippen MR) is 185 cm³/mol. The summed E-state index contributed by atoms with van der Waals surface area (Å²) in [4.78, 5) is 38.0. The number of benzene rings is 2. The van der Waals surface area contributed by atoms with E-state index in [1.165, 1.54) is 11.0 Å². The largest absolute Gasteiger partial charge is 0.369 e. The molecule has 3 N–H and O–H groups in total. The van der Waals surface area contributed by atoms with Crippen molar-refractivity contribution in [3.63, 3.8) is 0 Å². The Morgan fingerprint density at radius 3 is 2.52 bits per heavy atom. The molecule has 0 aliphatic carbocycles. The van der Waals surface area contributed by atoms with Crippen LogP contribution in [-0.4, -0.2) is 78.4 Å². The van der Waals surface area contributed by atoms with Gasteiger partial charge in [0.2, 0.25) is 17.8 Å². The van der Waals surface area contributed by atoms with Gasteiger partial charge in [0.05, 0.1) is 22.9 Å². The molecule has 0 unspecified atom stereocenters. The fourth-order valence-electron chi connectivity index (χ4n) is 4.14. The molecular weight excluding hydrogens is 600 g/mol. The number of nitrogens with one attached hydrogen (secondary N) is 3. The Bertz CT molecular complexity index is 1620. The molecule has 0 spiro atoms. The van der Waals surface area contributed by atoms with Crippen molar-refractivity contribution in [2.24, 2.45) is 0 Å². The molecule has 11 heteroatoms. The molecular formula is C35H41ClN8O2. The first kappa shape index (κ1) is 35.6. The van der Waals surface area contributed by atoms with Crippen LogP contribution in [0, 0.1) is 23.2 Å². The fraction of sp³-hybridized carbons (Fsp3) is 0.343. The second kappa shape index (κ2) is 18.2. The van der Waals surface area contributed by atoms with E-state index in [1.54, 1.807) is 50.4 Å². The average molecular weight is 641 g/mol. The Morgan fingerprint density at radius 2 is 1.85 bits per heavy atom. The Morgan fingerprint density at radius 1 is 1.09 bits per heavy atom. The Labute approximate surface area is 276 Å². The van der Waals surface area contributed by atoms with Crippen molar-refractivity contribution < 1.29 is 9.59 Å². The van der Waals surface area contributed by atoms with Gasteiger partial charge in [0, 0.05) is 55.5 Å². The Kier molecular flexibility index (Phi) is 14.0. The number of nitrogens with zero attached hydrogens (tertiary/aromatic N) is 5. The van der Waals surface area contributed by atoms with Gasteiger partial charge in [-0.3, -0.25) is 9.59 Å². The molecule has 2 aromatic carbocycles. The Balaban J connectivity index is 1.76. The van der Waals surface area contributed by atoms with Crippen molar-refractivity contribution in [2.45, 2.75) is 39.2 Å². The standard InChI is InChI=1S/C35H41ClN8O2/c1-6-20-38-33-30(14-8-7-9-21-39-34(46)25(2)44(5)31(45)15-11-22-43(3)4)32(27-12-10-13-28(36)23-27)41-35(42-33)40-29-18-16-26(24-37)17-19-29/h10-13,15-19,23,25H,6-7,9,20-22H2,1-5H3,(H,39,46)(H2,38,40,41,42)/b15-11+/t25-/m0/s1. The molecule has 10 nitrogen and oxygen atoms in total. The maximum Gasteiger partial charge on any atom is 0.246 e. The number of carbonyl (C=O) groups is 2. The number of anilines is 3. The lowest BCUT2D eigenvalue weighted by Gasteiger charge is -2.23. The van der Waals surface area contributed by atoms with Crippen LogP contribution in [0.1, 0.15) is 44.2 Å². The summed E-state index contributed by atoms with van der Waals surface area (Å²) in [6, 6.07) is 16.0. The Hall–Kier alpha value is -4.90. The lowest BCUT2D eigenvalue weighted by atomic mass is 10.1. The summed E-state index contributed by atoms with van der Waals surface area (Å²) in [7, 11) is 5.45. The molecule has 0 aliphatic heterocycles. The molecule has 1 heterocycles. The van der Waals surface area contributed by atoms with Crippen LogP contribution >= 0.6 is 11.6 Å². The summed E-state index contributed by atoms with van der Waals surface area (Å²) in [5, 5.41) is 19.2. The summed E-state index contributed by atoms with van der Waals surface area (Å²) >= 11 is 6.35. The molecule has 0 saturated heterocycles. The summed E-state index contributed by atoms with van der Waals surface area (Å²) in [5.74, 6) is 7.00. The van der Waals surface area contributed by atoms with Crippen LogP contribution in [-0.2, 0) is 9.59 Å². The van der Waals surface area contributed by atoms with Gasteiger partial charge in [0.1, 0.15) is 11.9 Å². The van der Waals surface area contributed by atoms with E-state index in [0.29, 0.717) is 66.1 Å². The van der Waals surface area contributed by atoms with Gasteiger partial charge >= 0.3 is 0 Å². The second-order valence-corrected chi connectivity index (χ2v) is 11.3. The number of aromatic nitrogens is 2. The zero-order valence-electron chi connectivity index (χ0n) is 27.0. The highest BCUT2D eigenvalue weighted by Crippen LogP contribution is 2.30. The summed E-state index contributed by atoms with van der Waals surface area (Å²) < 4.78 is 0. The van der Waals surface area contributed by atoms with Crippen LogP contribution in [0.4, 0.5) is 17.5 Å². The van der Waals surface area contributed by atoms with E-state index in [-0.39, 0.29) is 11.8 Å². The monoisotopic (exact) mass is 640 g/mol. The number of nitriles is 1. The SMILES string of the molecule is CCCNc1nc(Nc2ccc(C#N)cc2)nc(-c2cccc(Cl)c2)c1C#CCCCNC(=O)[C@H](C)N(C)C(=O)/C=C/CN(C)C. The molecule has 3 rings (SSSR count). The molecule has 0 radical (unpaired) electrons. The van der Waals surface area contributed by atoms with Gasteiger partial charge in [-0.25, -0.2) is 4.98 Å². The summed E-state index contributed by atoms with van der Waals surface area (Å²) in [6.07, 6.45) is 5.28. The first-order valence-corrected chi connectivity index (χ1v) is 15.5.